The van der Waals surface area contributed by atoms with E-state index in [1.54, 1.807) is 0 Å². The van der Waals surface area contributed by atoms with Crippen molar-refractivity contribution in [3.05, 3.63) is 127 Å². The molecule has 7 rings (SSSR count). The second-order valence-corrected chi connectivity index (χ2v) is 12.2. The van der Waals surface area contributed by atoms with Crippen molar-refractivity contribution in [2.24, 2.45) is 0 Å². The monoisotopic (exact) mass is 575 g/mol. The van der Waals surface area contributed by atoms with Gasteiger partial charge in [-0.3, -0.25) is 9.78 Å². The van der Waals surface area contributed by atoms with Gasteiger partial charge >= 0.3 is 0 Å². The number of aromatic nitrogens is 1. The highest BCUT2D eigenvalue weighted by molar-refractivity contribution is 6.01. The van der Waals surface area contributed by atoms with Gasteiger partial charge in [0.2, 0.25) is 0 Å². The number of pyridine rings is 1. The lowest BCUT2D eigenvalue weighted by Crippen LogP contribution is -2.51. The summed E-state index contributed by atoms with van der Waals surface area (Å²) in [6, 6.07) is 41.3. The van der Waals surface area contributed by atoms with Crippen LogP contribution in [-0.4, -0.2) is 42.0 Å². The van der Waals surface area contributed by atoms with Gasteiger partial charge in [0.15, 0.2) is 0 Å². The van der Waals surface area contributed by atoms with Gasteiger partial charge in [-0.15, -0.1) is 0 Å². The lowest BCUT2D eigenvalue weighted by atomic mass is 9.89. The highest BCUT2D eigenvalue weighted by Crippen LogP contribution is 2.38. The van der Waals surface area contributed by atoms with Gasteiger partial charge < -0.3 is 10.2 Å². The molecule has 1 aromatic heterocycles. The molecule has 0 saturated heterocycles. The van der Waals surface area contributed by atoms with Crippen LogP contribution >= 0.6 is 0 Å². The smallest absolute Gasteiger partial charge is 0.270 e. The fourth-order valence-corrected chi connectivity index (χ4v) is 6.90. The average Bonchev–Trinajstić information content (AvgIpc) is 3.07. The number of likely N-dealkylation sites (N-methyl/N-ethyl adjacent to an activating group) is 1. The minimum absolute atomic E-state index is 0.101. The van der Waals surface area contributed by atoms with Crippen LogP contribution in [0.5, 0.6) is 0 Å². The SMILES string of the molecule is CN(C)[C@H]1CCCC[C@@H]1NC(=O)c1ccc(-c2cc(-c3cccc4ccccc34)cc(-c3cccc4ccccc34)c2)cn1. The van der Waals surface area contributed by atoms with Crippen LogP contribution in [0.4, 0.5) is 0 Å². The molecule has 0 aliphatic heterocycles. The molecule has 5 aromatic carbocycles. The van der Waals surface area contributed by atoms with E-state index in [4.69, 9.17) is 0 Å². The highest BCUT2D eigenvalue weighted by Gasteiger charge is 2.28. The molecule has 0 spiro atoms. The summed E-state index contributed by atoms with van der Waals surface area (Å²) in [5, 5.41) is 8.15. The molecule has 0 bridgehead atoms. The molecule has 6 aromatic rings. The number of fused-ring (bicyclic) bond motifs is 2. The lowest BCUT2D eigenvalue weighted by Gasteiger charge is -2.36. The molecule has 1 N–H and O–H groups in total. The topological polar surface area (TPSA) is 45.2 Å². The Morgan fingerprint density at radius 2 is 1.23 bits per heavy atom. The van der Waals surface area contributed by atoms with E-state index in [0.29, 0.717) is 11.7 Å². The van der Waals surface area contributed by atoms with Crippen molar-refractivity contribution >= 4 is 27.5 Å². The summed E-state index contributed by atoms with van der Waals surface area (Å²) in [6.07, 6.45) is 6.31. The zero-order valence-electron chi connectivity index (χ0n) is 25.3. The molecule has 44 heavy (non-hydrogen) atoms. The molecule has 0 unspecified atom stereocenters. The minimum atomic E-state index is -0.101. The number of amides is 1. The maximum absolute atomic E-state index is 13.3. The molecule has 1 aliphatic rings. The number of carbonyl (C=O) groups excluding carboxylic acids is 1. The molecule has 2 atom stereocenters. The fourth-order valence-electron chi connectivity index (χ4n) is 6.90. The first kappa shape index (κ1) is 28.0. The summed E-state index contributed by atoms with van der Waals surface area (Å²) in [4.78, 5) is 20.2. The Hall–Kier alpha value is -4.80. The van der Waals surface area contributed by atoms with Crippen LogP contribution in [0.25, 0.3) is 54.9 Å². The van der Waals surface area contributed by atoms with Crippen LogP contribution in [-0.2, 0) is 0 Å². The van der Waals surface area contributed by atoms with Crippen LogP contribution in [0.15, 0.2) is 121 Å². The van der Waals surface area contributed by atoms with Crippen LogP contribution < -0.4 is 5.32 Å². The Bertz CT molecular complexity index is 1850. The number of nitrogens with one attached hydrogen (secondary N) is 1. The molecule has 1 fully saturated rings. The Balaban J connectivity index is 1.29. The quantitative estimate of drug-likeness (QED) is 0.216. The van der Waals surface area contributed by atoms with Crippen molar-refractivity contribution < 1.29 is 4.79 Å². The molecule has 1 amide bonds. The standard InChI is InChI=1S/C40H37N3O/c1-43(2)39-20-8-7-19-37(39)42-40(44)38-22-21-29(26-41-38)30-23-31(35-17-9-13-27-11-3-5-15-33(27)35)25-32(24-30)36-18-10-14-28-12-4-6-16-34(28)36/h3-6,9-18,21-26,37,39H,7-8,19-20H2,1-2H3,(H,42,44)/t37-,39-/m0/s1. The highest BCUT2D eigenvalue weighted by atomic mass is 16.2. The number of nitrogens with zero attached hydrogens (tertiary/aromatic N) is 2. The fraction of sp³-hybridized carbons (Fsp3) is 0.200. The van der Waals surface area contributed by atoms with Crippen molar-refractivity contribution in [3.8, 4) is 33.4 Å². The minimum Gasteiger partial charge on any atom is -0.346 e. The molecule has 4 nitrogen and oxygen atoms in total. The Kier molecular flexibility index (Phi) is 7.68. The maximum atomic E-state index is 13.3. The molecule has 1 aliphatic carbocycles. The van der Waals surface area contributed by atoms with Gasteiger partial charge in [-0.2, -0.15) is 0 Å². The van der Waals surface area contributed by atoms with Gasteiger partial charge in [-0.25, -0.2) is 0 Å². The van der Waals surface area contributed by atoms with Crippen LogP contribution in [0.3, 0.4) is 0 Å². The van der Waals surface area contributed by atoms with Crippen molar-refractivity contribution in [2.45, 2.75) is 37.8 Å². The van der Waals surface area contributed by atoms with Crippen LogP contribution in [0, 0.1) is 0 Å². The molecule has 4 heteroatoms. The molecule has 1 saturated carbocycles. The number of benzene rings is 5. The average molecular weight is 576 g/mol. The lowest BCUT2D eigenvalue weighted by molar-refractivity contribution is 0.0878. The Labute approximate surface area is 259 Å². The maximum Gasteiger partial charge on any atom is 0.270 e. The molecule has 218 valence electrons. The van der Waals surface area contributed by atoms with E-state index in [-0.39, 0.29) is 11.9 Å². The van der Waals surface area contributed by atoms with E-state index in [9.17, 15) is 4.79 Å². The van der Waals surface area contributed by atoms with Crippen molar-refractivity contribution in [2.75, 3.05) is 14.1 Å². The van der Waals surface area contributed by atoms with Gasteiger partial charge in [0.05, 0.1) is 0 Å². The van der Waals surface area contributed by atoms with Crippen LogP contribution in [0.2, 0.25) is 0 Å². The summed E-state index contributed by atoms with van der Waals surface area (Å²) in [6.45, 7) is 0. The normalized spacial score (nSPS) is 16.8. The number of carbonyl (C=O) groups is 1. The van der Waals surface area contributed by atoms with E-state index in [2.05, 4.69) is 132 Å². The van der Waals surface area contributed by atoms with E-state index < -0.39 is 0 Å². The molecule has 1 heterocycles. The first-order valence-corrected chi connectivity index (χ1v) is 15.6. The van der Waals surface area contributed by atoms with Gasteiger partial charge in [-0.1, -0.05) is 104 Å². The third-order valence-electron chi connectivity index (χ3n) is 9.17. The van der Waals surface area contributed by atoms with E-state index >= 15 is 0 Å². The third-order valence-corrected chi connectivity index (χ3v) is 9.17. The van der Waals surface area contributed by atoms with E-state index in [0.717, 1.165) is 41.5 Å². The summed E-state index contributed by atoms with van der Waals surface area (Å²) in [5.74, 6) is -0.101. The van der Waals surface area contributed by atoms with Crippen molar-refractivity contribution in [1.82, 2.24) is 15.2 Å². The van der Waals surface area contributed by atoms with Gasteiger partial charge in [0.1, 0.15) is 5.69 Å². The largest absolute Gasteiger partial charge is 0.346 e. The number of rotatable bonds is 6. The Morgan fingerprint density at radius 3 is 1.82 bits per heavy atom. The van der Waals surface area contributed by atoms with Gasteiger partial charge in [-0.05, 0) is 101 Å². The predicted octanol–water partition coefficient (Wildman–Crippen LogP) is 8.99. The summed E-state index contributed by atoms with van der Waals surface area (Å²) in [5.41, 5.74) is 7.19. The molecular formula is C40H37N3O. The first-order valence-electron chi connectivity index (χ1n) is 15.6. The summed E-state index contributed by atoms with van der Waals surface area (Å²) >= 11 is 0. The zero-order chi connectivity index (χ0) is 30.0. The second-order valence-electron chi connectivity index (χ2n) is 12.2. The molecular weight excluding hydrogens is 538 g/mol. The third kappa shape index (κ3) is 5.49. The zero-order valence-corrected chi connectivity index (χ0v) is 25.3. The van der Waals surface area contributed by atoms with Crippen molar-refractivity contribution in [1.29, 1.82) is 0 Å². The van der Waals surface area contributed by atoms with Crippen molar-refractivity contribution in [3.63, 3.8) is 0 Å². The van der Waals surface area contributed by atoms with Crippen LogP contribution in [0.1, 0.15) is 36.2 Å². The summed E-state index contributed by atoms with van der Waals surface area (Å²) in [7, 11) is 4.20. The van der Waals surface area contributed by atoms with E-state index in [1.807, 2.05) is 18.3 Å². The Morgan fingerprint density at radius 1 is 0.659 bits per heavy atom. The second kappa shape index (κ2) is 12.1. The van der Waals surface area contributed by atoms with E-state index in [1.165, 1.54) is 39.1 Å². The van der Waals surface area contributed by atoms with Gasteiger partial charge in [0.25, 0.3) is 5.91 Å². The number of hydrogen-bond acceptors (Lipinski definition) is 3. The summed E-state index contributed by atoms with van der Waals surface area (Å²) < 4.78 is 0. The molecule has 0 radical (unpaired) electrons. The first-order chi connectivity index (χ1) is 21.5. The number of hydrogen-bond donors (Lipinski definition) is 1. The van der Waals surface area contributed by atoms with Gasteiger partial charge in [0, 0.05) is 23.8 Å². The predicted molar refractivity (Wildman–Crippen MR) is 183 cm³/mol.